The number of piperidine rings is 1. The number of nitrogens with zero attached hydrogens (tertiary/aromatic N) is 1. The fourth-order valence-electron chi connectivity index (χ4n) is 2.42. The molecule has 1 aliphatic heterocycles. The van der Waals surface area contributed by atoms with Crippen LogP contribution in [0.2, 0.25) is 0 Å². The number of carbonyl (C=O) groups is 2. The van der Waals surface area contributed by atoms with Crippen LogP contribution in [0, 0.1) is 5.92 Å². The van der Waals surface area contributed by atoms with E-state index in [1.165, 1.54) is 23.0 Å². The van der Waals surface area contributed by atoms with Crippen molar-refractivity contribution in [3.05, 3.63) is 35.9 Å². The molecule has 9 heteroatoms. The third kappa shape index (κ3) is 5.18. The lowest BCUT2D eigenvalue weighted by molar-refractivity contribution is -0.101. The van der Waals surface area contributed by atoms with Crippen LogP contribution in [0.25, 0.3) is 0 Å². The van der Waals surface area contributed by atoms with Crippen LogP contribution in [0.15, 0.2) is 30.3 Å². The van der Waals surface area contributed by atoms with Gasteiger partial charge >= 0.3 is 12.2 Å². The molecule has 0 saturated carbocycles. The summed E-state index contributed by atoms with van der Waals surface area (Å²) in [5.41, 5.74) is 0.809. The van der Waals surface area contributed by atoms with Crippen LogP contribution in [-0.4, -0.2) is 42.6 Å². The Kier molecular flexibility index (Phi) is 6.58. The summed E-state index contributed by atoms with van der Waals surface area (Å²) in [6.07, 6.45) is -1.47. The number of amides is 2. The first-order valence-electron chi connectivity index (χ1n) is 7.32. The van der Waals surface area contributed by atoms with Gasteiger partial charge in [0, 0.05) is 19.0 Å². The Balaban J connectivity index is 1.77. The van der Waals surface area contributed by atoms with Gasteiger partial charge in [0.2, 0.25) is 0 Å². The first kappa shape index (κ1) is 18.7. The number of likely N-dealkylation sites (tertiary alicyclic amines) is 1. The Labute approximate surface area is 152 Å². The molecule has 1 saturated heterocycles. The smallest absolute Gasteiger partial charge is 0.419 e. The van der Waals surface area contributed by atoms with E-state index in [-0.39, 0.29) is 26.1 Å². The van der Waals surface area contributed by atoms with E-state index in [2.05, 4.69) is 8.38 Å². The zero-order chi connectivity index (χ0) is 17.6. The SMILES string of the molecule is O=C(NCC1CCN(C(=O)OI)CC1(F)F)OCc1ccccc1. The van der Waals surface area contributed by atoms with E-state index < -0.39 is 30.6 Å². The zero-order valence-corrected chi connectivity index (χ0v) is 14.9. The summed E-state index contributed by atoms with van der Waals surface area (Å²) in [5, 5.41) is 2.36. The van der Waals surface area contributed by atoms with Crippen molar-refractivity contribution in [1.29, 1.82) is 0 Å². The normalized spacial score (nSPS) is 19.5. The lowest BCUT2D eigenvalue weighted by Crippen LogP contribution is -2.53. The molecule has 0 aromatic heterocycles. The van der Waals surface area contributed by atoms with E-state index in [0.717, 1.165) is 10.5 Å². The Hall–Kier alpha value is -1.65. The Morgan fingerprint density at radius 1 is 1.33 bits per heavy atom. The summed E-state index contributed by atoms with van der Waals surface area (Å²) < 4.78 is 37.6. The molecule has 1 unspecified atom stereocenters. The maximum atomic E-state index is 14.1. The number of benzene rings is 1. The van der Waals surface area contributed by atoms with Gasteiger partial charge in [-0.25, -0.2) is 18.4 Å². The fourth-order valence-corrected chi connectivity index (χ4v) is 2.70. The molecule has 1 fully saturated rings. The van der Waals surface area contributed by atoms with E-state index in [9.17, 15) is 18.4 Å². The maximum absolute atomic E-state index is 14.1. The molecule has 1 aliphatic rings. The van der Waals surface area contributed by atoms with Crippen molar-refractivity contribution < 1.29 is 26.2 Å². The minimum absolute atomic E-state index is 0.0672. The Bertz CT molecular complexity index is 574. The molecule has 132 valence electrons. The summed E-state index contributed by atoms with van der Waals surface area (Å²) in [5.74, 6) is -4.16. The molecule has 0 radical (unpaired) electrons. The molecule has 24 heavy (non-hydrogen) atoms. The number of carbonyl (C=O) groups excluding carboxylic acids is 2. The number of ether oxygens (including phenoxy) is 1. The minimum atomic E-state index is -3.10. The molecule has 1 N–H and O–H groups in total. The van der Waals surface area contributed by atoms with Crippen LogP contribution >= 0.6 is 23.0 Å². The average molecular weight is 454 g/mol. The minimum Gasteiger partial charge on any atom is -0.445 e. The van der Waals surface area contributed by atoms with Gasteiger partial charge in [-0.1, -0.05) is 30.3 Å². The third-order valence-corrected chi connectivity index (χ3v) is 4.15. The van der Waals surface area contributed by atoms with Gasteiger partial charge in [0.05, 0.1) is 6.54 Å². The van der Waals surface area contributed by atoms with Crippen LogP contribution in [0.3, 0.4) is 0 Å². The van der Waals surface area contributed by atoms with Gasteiger partial charge in [0.1, 0.15) is 6.61 Å². The second-order valence-electron chi connectivity index (χ2n) is 5.45. The zero-order valence-electron chi connectivity index (χ0n) is 12.7. The van der Waals surface area contributed by atoms with Gasteiger partial charge in [-0.2, -0.15) is 0 Å². The molecule has 0 bridgehead atoms. The second-order valence-corrected chi connectivity index (χ2v) is 5.89. The molecule has 0 aliphatic carbocycles. The predicted molar refractivity (Wildman–Crippen MR) is 89.8 cm³/mol. The van der Waals surface area contributed by atoms with E-state index in [1.807, 2.05) is 18.2 Å². The first-order chi connectivity index (χ1) is 11.4. The van der Waals surface area contributed by atoms with Crippen molar-refractivity contribution in [2.45, 2.75) is 19.0 Å². The van der Waals surface area contributed by atoms with E-state index >= 15 is 0 Å². The first-order valence-corrected chi connectivity index (χ1v) is 8.20. The number of nitrogens with one attached hydrogen (secondary N) is 1. The van der Waals surface area contributed by atoms with Crippen molar-refractivity contribution >= 4 is 35.2 Å². The highest BCUT2D eigenvalue weighted by molar-refractivity contribution is 14.1. The van der Waals surface area contributed by atoms with Crippen molar-refractivity contribution in [3.63, 3.8) is 0 Å². The summed E-state index contributed by atoms with van der Waals surface area (Å²) in [4.78, 5) is 23.9. The van der Waals surface area contributed by atoms with Crippen LogP contribution in [0.4, 0.5) is 18.4 Å². The lowest BCUT2D eigenvalue weighted by atomic mass is 9.93. The summed E-state index contributed by atoms with van der Waals surface area (Å²) in [6, 6.07) is 9.05. The van der Waals surface area contributed by atoms with Gasteiger partial charge < -0.3 is 18.0 Å². The van der Waals surface area contributed by atoms with Gasteiger partial charge in [-0.05, 0) is 12.0 Å². The topological polar surface area (TPSA) is 67.9 Å². The largest absolute Gasteiger partial charge is 0.445 e. The number of hydrogen-bond acceptors (Lipinski definition) is 4. The average Bonchev–Trinajstić information content (AvgIpc) is 2.58. The van der Waals surface area contributed by atoms with Crippen molar-refractivity contribution in [1.82, 2.24) is 10.2 Å². The lowest BCUT2D eigenvalue weighted by Gasteiger charge is -2.37. The third-order valence-electron chi connectivity index (χ3n) is 3.78. The summed E-state index contributed by atoms with van der Waals surface area (Å²) in [7, 11) is 0. The highest BCUT2D eigenvalue weighted by atomic mass is 127. The van der Waals surface area contributed by atoms with Gasteiger partial charge in [-0.15, -0.1) is 0 Å². The van der Waals surface area contributed by atoms with Crippen LogP contribution in [0.1, 0.15) is 12.0 Å². The van der Waals surface area contributed by atoms with Gasteiger partial charge in [0.25, 0.3) is 5.92 Å². The van der Waals surface area contributed by atoms with Crippen LogP contribution in [0.5, 0.6) is 0 Å². The van der Waals surface area contributed by atoms with E-state index in [0.29, 0.717) is 0 Å². The van der Waals surface area contributed by atoms with Crippen LogP contribution < -0.4 is 5.32 Å². The van der Waals surface area contributed by atoms with E-state index in [1.54, 1.807) is 12.1 Å². The van der Waals surface area contributed by atoms with E-state index in [4.69, 9.17) is 4.74 Å². The summed E-state index contributed by atoms with van der Waals surface area (Å²) >= 11 is 1.36. The van der Waals surface area contributed by atoms with Crippen molar-refractivity contribution in [2.24, 2.45) is 5.92 Å². The second kappa shape index (κ2) is 8.45. The van der Waals surface area contributed by atoms with Crippen molar-refractivity contribution in [3.8, 4) is 0 Å². The number of alkyl halides is 2. The Morgan fingerprint density at radius 2 is 2.04 bits per heavy atom. The molecule has 2 amide bonds. The molecular formula is C15H17F2IN2O4. The Morgan fingerprint density at radius 3 is 2.67 bits per heavy atom. The predicted octanol–water partition coefficient (Wildman–Crippen LogP) is 3.36. The van der Waals surface area contributed by atoms with Crippen molar-refractivity contribution in [2.75, 3.05) is 19.6 Å². The van der Waals surface area contributed by atoms with Gasteiger partial charge in [-0.3, -0.25) is 0 Å². The quantitative estimate of drug-likeness (QED) is 0.709. The summed E-state index contributed by atoms with van der Waals surface area (Å²) in [6.45, 7) is -0.708. The standard InChI is InChI=1S/C15H17F2IN2O4/c16-15(17)10-20(14(22)24-18)7-6-12(15)8-19-13(21)23-9-11-4-2-1-3-5-11/h1-5,12H,6-10H2,(H,19,21). The highest BCUT2D eigenvalue weighted by Crippen LogP contribution is 2.32. The molecule has 2 rings (SSSR count). The molecule has 1 heterocycles. The molecule has 1 aromatic carbocycles. The number of alkyl carbamates (subject to hydrolysis) is 1. The molecule has 6 nitrogen and oxygen atoms in total. The molecule has 0 spiro atoms. The highest BCUT2D eigenvalue weighted by Gasteiger charge is 2.46. The number of hydrogen-bond donors (Lipinski definition) is 1. The molecule has 1 aromatic rings. The number of halogens is 3. The monoisotopic (exact) mass is 454 g/mol. The molecule has 1 atom stereocenters. The fraction of sp³-hybridized carbons (Fsp3) is 0.467. The maximum Gasteiger partial charge on any atom is 0.419 e. The molecular weight excluding hydrogens is 437 g/mol. The van der Waals surface area contributed by atoms with Crippen LogP contribution in [-0.2, 0) is 14.4 Å². The number of rotatable bonds is 4. The van der Waals surface area contributed by atoms with Gasteiger partial charge in [0.15, 0.2) is 23.0 Å².